The number of halogens is 1. The number of hydrogen-bond donors (Lipinski definition) is 1. The maximum Gasteiger partial charge on any atom is 0.341 e. The van der Waals surface area contributed by atoms with E-state index in [1.807, 2.05) is 66.0 Å². The standard InChI is InChI=1S/C22H18BrNO3S/c1-2-27-22(26)19-17(16-11-7-4-8-12-16)14-28-21(19)24-20(25)18(23)13-15-9-5-3-6-10-15/h3-14H,2H2,1H3,(H,24,25). The molecule has 1 N–H and O–H groups in total. The van der Waals surface area contributed by atoms with E-state index in [-0.39, 0.29) is 12.5 Å². The summed E-state index contributed by atoms with van der Waals surface area (Å²) in [6.45, 7) is 2.01. The summed E-state index contributed by atoms with van der Waals surface area (Å²) in [5, 5.41) is 5.14. The normalized spacial score (nSPS) is 11.1. The Morgan fingerprint density at radius 3 is 2.36 bits per heavy atom. The molecule has 0 bridgehead atoms. The zero-order valence-corrected chi connectivity index (χ0v) is 17.5. The Balaban J connectivity index is 1.91. The molecule has 1 heterocycles. The lowest BCUT2D eigenvalue weighted by atomic mass is 10.0. The van der Waals surface area contributed by atoms with Gasteiger partial charge in [0.25, 0.3) is 5.91 Å². The first-order valence-electron chi connectivity index (χ1n) is 8.67. The molecule has 0 aliphatic rings. The highest BCUT2D eigenvalue weighted by Crippen LogP contribution is 2.36. The molecule has 4 nitrogen and oxygen atoms in total. The molecule has 2 aromatic carbocycles. The van der Waals surface area contributed by atoms with Crippen LogP contribution < -0.4 is 5.32 Å². The van der Waals surface area contributed by atoms with Gasteiger partial charge in [-0.2, -0.15) is 0 Å². The van der Waals surface area contributed by atoms with Crippen molar-refractivity contribution in [1.29, 1.82) is 0 Å². The number of ether oxygens (including phenoxy) is 1. The van der Waals surface area contributed by atoms with E-state index in [1.165, 1.54) is 11.3 Å². The summed E-state index contributed by atoms with van der Waals surface area (Å²) in [7, 11) is 0. The average molecular weight is 456 g/mol. The van der Waals surface area contributed by atoms with Crippen LogP contribution in [0.2, 0.25) is 0 Å². The maximum absolute atomic E-state index is 12.6. The van der Waals surface area contributed by atoms with E-state index >= 15 is 0 Å². The van der Waals surface area contributed by atoms with Gasteiger partial charge < -0.3 is 10.1 Å². The van der Waals surface area contributed by atoms with Crippen molar-refractivity contribution >= 4 is 50.2 Å². The summed E-state index contributed by atoms with van der Waals surface area (Å²) in [5.41, 5.74) is 2.89. The van der Waals surface area contributed by atoms with Crippen LogP contribution in [0.3, 0.4) is 0 Å². The minimum Gasteiger partial charge on any atom is -0.462 e. The van der Waals surface area contributed by atoms with Gasteiger partial charge in [0.2, 0.25) is 0 Å². The molecular formula is C22H18BrNO3S. The van der Waals surface area contributed by atoms with Gasteiger partial charge in [-0.1, -0.05) is 60.7 Å². The highest BCUT2D eigenvalue weighted by molar-refractivity contribution is 9.12. The van der Waals surface area contributed by atoms with Crippen LogP contribution in [0.5, 0.6) is 0 Å². The lowest BCUT2D eigenvalue weighted by molar-refractivity contribution is -0.112. The molecule has 1 amide bonds. The van der Waals surface area contributed by atoms with Crippen LogP contribution in [-0.2, 0) is 9.53 Å². The molecule has 0 unspecified atom stereocenters. The van der Waals surface area contributed by atoms with Gasteiger partial charge in [-0.25, -0.2) is 4.79 Å². The molecule has 0 fully saturated rings. The number of carbonyl (C=O) groups excluding carboxylic acids is 2. The van der Waals surface area contributed by atoms with Gasteiger partial charge in [0.15, 0.2) is 0 Å². The lowest BCUT2D eigenvalue weighted by Crippen LogP contribution is -2.14. The Bertz CT molecular complexity index is 997. The number of hydrogen-bond acceptors (Lipinski definition) is 4. The van der Waals surface area contributed by atoms with Gasteiger partial charge in [-0.15, -0.1) is 11.3 Å². The Morgan fingerprint density at radius 2 is 1.71 bits per heavy atom. The predicted molar refractivity (Wildman–Crippen MR) is 118 cm³/mol. The topological polar surface area (TPSA) is 55.4 Å². The fourth-order valence-corrected chi connectivity index (χ4v) is 3.93. The number of rotatable bonds is 6. The van der Waals surface area contributed by atoms with Crippen molar-refractivity contribution in [2.24, 2.45) is 0 Å². The molecule has 0 spiro atoms. The second kappa shape index (κ2) is 9.48. The number of anilines is 1. The average Bonchev–Trinajstić information content (AvgIpc) is 3.13. The Morgan fingerprint density at radius 1 is 1.07 bits per heavy atom. The van der Waals surface area contributed by atoms with Crippen molar-refractivity contribution in [2.75, 3.05) is 11.9 Å². The number of nitrogens with one attached hydrogen (secondary N) is 1. The molecule has 3 aromatic rings. The smallest absolute Gasteiger partial charge is 0.341 e. The monoisotopic (exact) mass is 455 g/mol. The van der Waals surface area contributed by atoms with Gasteiger partial charge in [0, 0.05) is 10.9 Å². The van der Waals surface area contributed by atoms with Gasteiger partial charge in [0.05, 0.1) is 11.1 Å². The highest BCUT2D eigenvalue weighted by Gasteiger charge is 2.23. The van der Waals surface area contributed by atoms with Crippen molar-refractivity contribution in [1.82, 2.24) is 0 Å². The van der Waals surface area contributed by atoms with Crippen LogP contribution in [0.15, 0.2) is 70.5 Å². The molecule has 0 saturated carbocycles. The first-order valence-corrected chi connectivity index (χ1v) is 10.3. The second-order valence-corrected chi connectivity index (χ2v) is 7.53. The summed E-state index contributed by atoms with van der Waals surface area (Å²) in [6, 6.07) is 19.1. The first kappa shape index (κ1) is 20.0. The summed E-state index contributed by atoms with van der Waals surface area (Å²) in [6.07, 6.45) is 1.73. The molecular weight excluding hydrogens is 438 g/mol. The fourth-order valence-electron chi connectivity index (χ4n) is 2.61. The number of esters is 1. The fraction of sp³-hybridized carbons (Fsp3) is 0.0909. The predicted octanol–water partition coefficient (Wildman–Crippen LogP) is 5.97. The molecule has 0 saturated heterocycles. The van der Waals surface area contributed by atoms with Crippen molar-refractivity contribution < 1.29 is 14.3 Å². The van der Waals surface area contributed by atoms with E-state index in [1.54, 1.807) is 13.0 Å². The molecule has 0 radical (unpaired) electrons. The van der Waals surface area contributed by atoms with Gasteiger partial charge >= 0.3 is 5.97 Å². The minimum absolute atomic E-state index is 0.258. The quantitative estimate of drug-likeness (QED) is 0.368. The van der Waals surface area contributed by atoms with Crippen LogP contribution >= 0.6 is 27.3 Å². The highest BCUT2D eigenvalue weighted by atomic mass is 79.9. The van der Waals surface area contributed by atoms with E-state index < -0.39 is 5.97 Å². The number of thiophene rings is 1. The van der Waals surface area contributed by atoms with Crippen LogP contribution in [-0.4, -0.2) is 18.5 Å². The first-order chi connectivity index (χ1) is 13.6. The van der Waals surface area contributed by atoms with E-state index in [0.29, 0.717) is 15.0 Å². The molecule has 28 heavy (non-hydrogen) atoms. The zero-order chi connectivity index (χ0) is 19.9. The van der Waals surface area contributed by atoms with Gasteiger partial charge in [-0.3, -0.25) is 4.79 Å². The van der Waals surface area contributed by atoms with Crippen molar-refractivity contribution in [3.05, 3.63) is 81.7 Å². The van der Waals surface area contributed by atoms with Gasteiger partial charge in [0.1, 0.15) is 10.6 Å². The molecule has 142 valence electrons. The Kier molecular flexibility index (Phi) is 6.79. The van der Waals surface area contributed by atoms with Crippen LogP contribution in [0, 0.1) is 0 Å². The molecule has 1 aromatic heterocycles. The van der Waals surface area contributed by atoms with Crippen molar-refractivity contribution in [3.63, 3.8) is 0 Å². The Labute approximate surface area is 176 Å². The molecule has 0 aliphatic carbocycles. The second-order valence-electron chi connectivity index (χ2n) is 5.80. The van der Waals surface area contributed by atoms with E-state index in [0.717, 1.165) is 16.7 Å². The molecule has 0 atom stereocenters. The lowest BCUT2D eigenvalue weighted by Gasteiger charge is -2.08. The minimum atomic E-state index is -0.457. The van der Waals surface area contributed by atoms with Crippen LogP contribution in [0.4, 0.5) is 5.00 Å². The van der Waals surface area contributed by atoms with Crippen LogP contribution in [0.1, 0.15) is 22.8 Å². The van der Waals surface area contributed by atoms with E-state index in [9.17, 15) is 9.59 Å². The molecule has 0 aliphatic heterocycles. The van der Waals surface area contributed by atoms with E-state index in [2.05, 4.69) is 21.2 Å². The largest absolute Gasteiger partial charge is 0.462 e. The van der Waals surface area contributed by atoms with Crippen molar-refractivity contribution in [3.8, 4) is 11.1 Å². The Hall–Kier alpha value is -2.70. The summed E-state index contributed by atoms with van der Waals surface area (Å²) < 4.78 is 5.58. The zero-order valence-electron chi connectivity index (χ0n) is 15.1. The maximum atomic E-state index is 12.6. The summed E-state index contributed by atoms with van der Waals surface area (Å²) >= 11 is 4.62. The molecule has 3 rings (SSSR count). The molecule has 6 heteroatoms. The van der Waals surface area contributed by atoms with Crippen molar-refractivity contribution in [2.45, 2.75) is 6.92 Å². The van der Waals surface area contributed by atoms with Crippen LogP contribution in [0.25, 0.3) is 17.2 Å². The third kappa shape index (κ3) is 4.77. The third-order valence-electron chi connectivity index (χ3n) is 3.89. The SMILES string of the molecule is CCOC(=O)c1c(-c2ccccc2)csc1NC(=O)C(Br)=Cc1ccccc1. The van der Waals surface area contributed by atoms with E-state index in [4.69, 9.17) is 4.74 Å². The summed E-state index contributed by atoms with van der Waals surface area (Å²) in [5.74, 6) is -0.795. The van der Waals surface area contributed by atoms with Gasteiger partial charge in [-0.05, 0) is 40.1 Å². The summed E-state index contributed by atoms with van der Waals surface area (Å²) in [4.78, 5) is 25.2. The third-order valence-corrected chi connectivity index (χ3v) is 5.38. The number of benzene rings is 2. The number of carbonyl (C=O) groups is 2. The number of amides is 1.